The van der Waals surface area contributed by atoms with Gasteiger partial charge in [-0.05, 0) is 56.4 Å². The molecule has 0 fully saturated rings. The number of carbonyl (C=O) groups excluding carboxylic acids is 1. The fraction of sp³-hybridized carbons (Fsp3) is 0.500. The first-order chi connectivity index (χ1) is 19.4. The largest absolute Gasteiger partial charge is 0.464 e. The van der Waals surface area contributed by atoms with Gasteiger partial charge in [-0.3, -0.25) is 0 Å². The minimum Gasteiger partial charge on any atom is -0.464 e. The number of thioether (sulfide) groups is 1. The van der Waals surface area contributed by atoms with Crippen LogP contribution < -0.4 is 9.64 Å². The number of esters is 1. The van der Waals surface area contributed by atoms with Crippen LogP contribution in [0.1, 0.15) is 64.9 Å². The van der Waals surface area contributed by atoms with Gasteiger partial charge in [-0.15, -0.1) is 11.8 Å². The Kier molecular flexibility index (Phi) is 11.2. The van der Waals surface area contributed by atoms with Gasteiger partial charge in [0.25, 0.3) is 0 Å². The van der Waals surface area contributed by atoms with E-state index in [1.165, 1.54) is 30.0 Å². The molecule has 2 aromatic carbocycles. The van der Waals surface area contributed by atoms with Gasteiger partial charge in [-0.1, -0.05) is 39.5 Å². The summed E-state index contributed by atoms with van der Waals surface area (Å²) in [6, 6.07) is 8.03. The lowest BCUT2D eigenvalue weighted by molar-refractivity contribution is -0.138. The summed E-state index contributed by atoms with van der Waals surface area (Å²) in [6.45, 7) is 6.34. The Bertz CT molecular complexity index is 1320. The number of anilines is 2. The molecule has 0 saturated heterocycles. The maximum absolute atomic E-state index is 14.1. The van der Waals surface area contributed by atoms with E-state index in [-0.39, 0.29) is 23.0 Å². The summed E-state index contributed by atoms with van der Waals surface area (Å²) in [4.78, 5) is 14.2. The van der Waals surface area contributed by atoms with Crippen molar-refractivity contribution in [3.8, 4) is 5.75 Å². The van der Waals surface area contributed by atoms with Gasteiger partial charge in [0.15, 0.2) is 9.84 Å². The van der Waals surface area contributed by atoms with Crippen molar-refractivity contribution in [2.24, 2.45) is 5.41 Å². The molecule has 1 aliphatic heterocycles. The molecule has 0 N–H and O–H groups in total. The van der Waals surface area contributed by atoms with Gasteiger partial charge in [0.05, 0.1) is 45.7 Å². The Hall–Kier alpha value is -2.66. The first-order valence-electron chi connectivity index (χ1n) is 13.8. The number of halogens is 3. The van der Waals surface area contributed by atoms with Gasteiger partial charge in [0, 0.05) is 23.7 Å². The Morgan fingerprint density at radius 2 is 1.71 bits per heavy atom. The monoisotopic (exact) mass is 613 g/mol. The zero-order valence-corrected chi connectivity index (χ0v) is 25.6. The van der Waals surface area contributed by atoms with Crippen molar-refractivity contribution in [2.45, 2.75) is 75.3 Å². The second kappa shape index (κ2) is 14.0. The predicted molar refractivity (Wildman–Crippen MR) is 157 cm³/mol. The molecule has 3 rings (SSSR count). The van der Waals surface area contributed by atoms with Crippen LogP contribution in [0.15, 0.2) is 58.5 Å². The number of benzene rings is 2. The smallest absolute Gasteiger partial charge is 0.416 e. The van der Waals surface area contributed by atoms with E-state index in [1.807, 2.05) is 11.2 Å². The Morgan fingerprint density at radius 3 is 2.24 bits per heavy atom. The molecule has 0 saturated carbocycles. The van der Waals surface area contributed by atoms with Crippen LogP contribution in [0.4, 0.5) is 24.5 Å². The maximum Gasteiger partial charge on any atom is 0.416 e. The minimum atomic E-state index is -4.49. The highest BCUT2D eigenvalue weighted by Crippen LogP contribution is 2.48. The molecule has 2 aromatic rings. The fourth-order valence-corrected chi connectivity index (χ4v) is 7.79. The minimum absolute atomic E-state index is 0.0459. The van der Waals surface area contributed by atoms with E-state index in [0.29, 0.717) is 35.7 Å². The molecule has 0 atom stereocenters. The number of nitrogens with zero attached hydrogens (tertiary/aromatic N) is 1. The van der Waals surface area contributed by atoms with E-state index in [4.69, 9.17) is 9.47 Å². The van der Waals surface area contributed by atoms with Crippen molar-refractivity contribution in [2.75, 3.05) is 30.1 Å². The zero-order chi connectivity index (χ0) is 30.3. The number of hydrogen-bond donors (Lipinski definition) is 0. The highest BCUT2D eigenvalue weighted by Gasteiger charge is 2.42. The molecule has 6 nitrogen and oxygen atoms in total. The van der Waals surface area contributed by atoms with E-state index in [2.05, 4.69) is 13.8 Å². The molecule has 1 aliphatic rings. The molecule has 0 amide bonds. The van der Waals surface area contributed by atoms with Gasteiger partial charge < -0.3 is 14.4 Å². The zero-order valence-electron chi connectivity index (χ0n) is 23.9. The highest BCUT2D eigenvalue weighted by molar-refractivity contribution is 7.98. The van der Waals surface area contributed by atoms with E-state index in [9.17, 15) is 26.4 Å². The number of rotatable bonds is 12. The van der Waals surface area contributed by atoms with Crippen LogP contribution >= 0.6 is 11.8 Å². The summed E-state index contributed by atoms with van der Waals surface area (Å²) >= 11 is 1.33. The van der Waals surface area contributed by atoms with E-state index in [1.54, 1.807) is 13.0 Å². The van der Waals surface area contributed by atoms with Crippen molar-refractivity contribution in [3.63, 3.8) is 0 Å². The SMILES string of the molecule is CCCCC1(CCCC)CN(c2ccc(C(F)(F)F)cc2)c2cc(SC)c(O/C=C/C(=O)OCC)cc2S(=O)(=O)C1. The van der Waals surface area contributed by atoms with Crippen LogP contribution in [-0.2, 0) is 25.5 Å². The van der Waals surface area contributed by atoms with Crippen molar-refractivity contribution < 1.29 is 35.9 Å². The third-order valence-corrected chi connectivity index (χ3v) is 9.92. The lowest BCUT2D eigenvalue weighted by Gasteiger charge is -2.37. The fourth-order valence-electron chi connectivity index (χ4n) is 5.13. The molecular formula is C30H38F3NO5S2. The van der Waals surface area contributed by atoms with Crippen LogP contribution in [0.3, 0.4) is 0 Å². The van der Waals surface area contributed by atoms with E-state index >= 15 is 0 Å². The van der Waals surface area contributed by atoms with Crippen LogP contribution in [-0.4, -0.2) is 39.5 Å². The lowest BCUT2D eigenvalue weighted by atomic mass is 9.79. The Balaban J connectivity index is 2.21. The second-order valence-electron chi connectivity index (χ2n) is 10.2. The summed E-state index contributed by atoms with van der Waals surface area (Å²) in [6.07, 6.45) is 4.39. The summed E-state index contributed by atoms with van der Waals surface area (Å²) in [5.74, 6) is -0.422. The predicted octanol–water partition coefficient (Wildman–Crippen LogP) is 8.18. The molecule has 0 radical (unpaired) electrons. The van der Waals surface area contributed by atoms with Gasteiger partial charge in [-0.2, -0.15) is 13.2 Å². The number of carbonyl (C=O) groups is 1. The normalized spacial score (nSPS) is 16.3. The quantitative estimate of drug-likeness (QED) is 0.103. The Labute approximate surface area is 245 Å². The van der Waals surface area contributed by atoms with Gasteiger partial charge in [-0.25, -0.2) is 13.2 Å². The first-order valence-corrected chi connectivity index (χ1v) is 16.7. The molecule has 0 spiro atoms. The van der Waals surface area contributed by atoms with Crippen LogP contribution in [0.2, 0.25) is 0 Å². The molecular weight excluding hydrogens is 575 g/mol. The summed E-state index contributed by atoms with van der Waals surface area (Å²) < 4.78 is 78.8. The van der Waals surface area contributed by atoms with E-state index in [0.717, 1.165) is 50.2 Å². The van der Waals surface area contributed by atoms with Gasteiger partial charge >= 0.3 is 12.1 Å². The molecule has 0 aliphatic carbocycles. The molecule has 0 aromatic heterocycles. The highest BCUT2D eigenvalue weighted by atomic mass is 32.2. The number of ether oxygens (including phenoxy) is 2. The second-order valence-corrected chi connectivity index (χ2v) is 13.0. The van der Waals surface area contributed by atoms with Crippen LogP contribution in [0.5, 0.6) is 5.75 Å². The molecule has 226 valence electrons. The molecule has 1 heterocycles. The van der Waals surface area contributed by atoms with Crippen molar-refractivity contribution >= 4 is 38.9 Å². The lowest BCUT2D eigenvalue weighted by Crippen LogP contribution is -2.38. The molecule has 41 heavy (non-hydrogen) atoms. The summed E-state index contributed by atoms with van der Waals surface area (Å²) in [7, 11) is -3.84. The number of sulfone groups is 1. The topological polar surface area (TPSA) is 72.9 Å². The van der Waals surface area contributed by atoms with E-state index < -0.39 is 33.0 Å². The van der Waals surface area contributed by atoms with Gasteiger partial charge in [0.1, 0.15) is 5.75 Å². The maximum atomic E-state index is 14.1. The van der Waals surface area contributed by atoms with Crippen LogP contribution in [0, 0.1) is 5.41 Å². The molecule has 0 bridgehead atoms. The van der Waals surface area contributed by atoms with Crippen molar-refractivity contribution in [3.05, 3.63) is 54.3 Å². The van der Waals surface area contributed by atoms with Crippen LogP contribution in [0.25, 0.3) is 0 Å². The number of unbranched alkanes of at least 4 members (excludes halogenated alkanes) is 2. The average Bonchev–Trinajstić information content (AvgIpc) is 3.02. The standard InChI is InChI=1S/C30H38F3NO5S2/c1-5-8-15-29(16-9-6-2)20-34(23-12-10-22(11-13-23)30(31,32)33)24-18-26(40-4)25(19-27(24)41(36,37)21-29)39-17-14-28(35)38-7-3/h10-14,17-19H,5-9,15-16,20-21H2,1-4H3/b17-14+. The summed E-state index contributed by atoms with van der Waals surface area (Å²) in [5, 5.41) is 0. The van der Waals surface area contributed by atoms with Gasteiger partial charge in [0.2, 0.25) is 0 Å². The number of fused-ring (bicyclic) bond motifs is 1. The number of hydrogen-bond acceptors (Lipinski definition) is 7. The Morgan fingerprint density at radius 1 is 1.07 bits per heavy atom. The summed E-state index contributed by atoms with van der Waals surface area (Å²) in [5.41, 5.74) is -0.492. The third kappa shape index (κ3) is 8.22. The third-order valence-electron chi connectivity index (χ3n) is 7.17. The average molecular weight is 614 g/mol. The van der Waals surface area contributed by atoms with Crippen molar-refractivity contribution in [1.29, 1.82) is 0 Å². The van der Waals surface area contributed by atoms with Crippen molar-refractivity contribution in [1.82, 2.24) is 0 Å². The molecule has 0 unspecified atom stereocenters. The molecule has 11 heteroatoms. The number of alkyl halides is 3. The first kappa shape index (κ1) is 32.8.